The Morgan fingerprint density at radius 2 is 1.74 bits per heavy atom. The maximum atomic E-state index is 8.54. The second kappa shape index (κ2) is 12.6. The molecule has 0 saturated heterocycles. The molecule has 0 aliphatic heterocycles. The van der Waals surface area contributed by atoms with E-state index in [-0.39, 0.29) is 6.61 Å². The zero-order valence-corrected chi connectivity index (χ0v) is 16.0. The molecule has 0 aromatic heterocycles. The zero-order valence-electron chi connectivity index (χ0n) is 13.0. The molecular weight excluding hydrogens is 363 g/mol. The van der Waals surface area contributed by atoms with Crippen LogP contribution in [0.4, 0.5) is 0 Å². The van der Waals surface area contributed by atoms with Crippen molar-refractivity contribution in [2.75, 3.05) is 0 Å². The van der Waals surface area contributed by atoms with E-state index in [0.29, 0.717) is 0 Å². The molecule has 3 rings (SSSR count). The first-order valence-corrected chi connectivity index (χ1v) is 11.5. The van der Waals surface area contributed by atoms with Crippen LogP contribution in [0.2, 0.25) is 0 Å². The molecule has 23 heavy (non-hydrogen) atoms. The van der Waals surface area contributed by atoms with E-state index in [1.165, 1.54) is 16.7 Å². The van der Waals surface area contributed by atoms with Gasteiger partial charge in [-0.15, -0.1) is 41.5 Å². The van der Waals surface area contributed by atoms with E-state index in [1.807, 2.05) is 42.5 Å². The average Bonchev–Trinajstić information content (AvgIpc) is 3.04. The summed E-state index contributed by atoms with van der Waals surface area (Å²) in [5.41, 5.74) is 4.99. The van der Waals surface area contributed by atoms with Crippen LogP contribution < -0.4 is 0 Å². The summed E-state index contributed by atoms with van der Waals surface area (Å²) >= 11 is -0.556. The van der Waals surface area contributed by atoms with Gasteiger partial charge in [-0.25, -0.2) is 0 Å². The zero-order chi connectivity index (χ0) is 16.9. The molecule has 1 nitrogen and oxygen atoms in total. The molecule has 0 heterocycles. The standard InChI is InChI=1S/C12H11.C7H8O.2ClH.Ti/c1-10-6-5-9-12(10)11-7-3-2-4-8-11;8-6-7-4-2-1-3-5-7;;;/h2-7H,9H2,1H3;1-5,8H,6H2;2*1H;/q-1;;;;+2/p-2. The van der Waals surface area contributed by atoms with Gasteiger partial charge < -0.3 is 5.11 Å². The van der Waals surface area contributed by atoms with E-state index in [1.54, 1.807) is 0 Å². The Labute approximate surface area is 155 Å². The van der Waals surface area contributed by atoms with Gasteiger partial charge in [0, 0.05) is 0 Å². The van der Waals surface area contributed by atoms with Crippen LogP contribution in [0.3, 0.4) is 0 Å². The number of halogens is 2. The minimum atomic E-state index is -0.556. The maximum absolute atomic E-state index is 8.54. The Morgan fingerprint density at radius 3 is 2.17 bits per heavy atom. The number of benzene rings is 2. The van der Waals surface area contributed by atoms with Crippen molar-refractivity contribution in [1.82, 2.24) is 0 Å². The van der Waals surface area contributed by atoms with Gasteiger partial charge in [-0.2, -0.15) is 0 Å². The molecule has 0 radical (unpaired) electrons. The van der Waals surface area contributed by atoms with Gasteiger partial charge >= 0.3 is 35.6 Å². The minimum absolute atomic E-state index is 0.140. The van der Waals surface area contributed by atoms with Gasteiger partial charge in [-0.05, 0) is 18.9 Å². The molecule has 0 bridgehead atoms. The fraction of sp³-hybridized carbons (Fsp3) is 0.158. The van der Waals surface area contributed by atoms with Crippen LogP contribution in [0, 0.1) is 6.07 Å². The summed E-state index contributed by atoms with van der Waals surface area (Å²) in [5, 5.41) is 8.54. The van der Waals surface area contributed by atoms with E-state index >= 15 is 0 Å². The quantitative estimate of drug-likeness (QED) is 0.516. The molecule has 0 spiro atoms. The van der Waals surface area contributed by atoms with Crippen LogP contribution in [0.15, 0.2) is 72.3 Å². The van der Waals surface area contributed by atoms with Crippen LogP contribution in [0.1, 0.15) is 24.5 Å². The van der Waals surface area contributed by atoms with E-state index in [9.17, 15) is 0 Å². The normalized spacial score (nSPS) is 12.0. The van der Waals surface area contributed by atoms with Crippen molar-refractivity contribution in [3.63, 3.8) is 0 Å². The molecule has 1 aliphatic rings. The van der Waals surface area contributed by atoms with Crippen molar-refractivity contribution in [2.24, 2.45) is 0 Å². The third-order valence-corrected chi connectivity index (χ3v) is 3.23. The summed E-state index contributed by atoms with van der Waals surface area (Å²) in [6.07, 6.45) is 5.44. The summed E-state index contributed by atoms with van der Waals surface area (Å²) in [5.74, 6) is 0. The van der Waals surface area contributed by atoms with Gasteiger partial charge in [0.2, 0.25) is 0 Å². The molecule has 1 N–H and O–H groups in total. The molecule has 0 atom stereocenters. The second-order valence-electron chi connectivity index (χ2n) is 4.76. The summed E-state index contributed by atoms with van der Waals surface area (Å²) in [6.45, 7) is 2.29. The van der Waals surface area contributed by atoms with Crippen LogP contribution >= 0.6 is 18.6 Å². The van der Waals surface area contributed by atoms with Gasteiger partial charge in [0.25, 0.3) is 0 Å². The van der Waals surface area contributed by atoms with Crippen molar-refractivity contribution >= 4 is 24.2 Å². The Hall–Kier alpha value is -0.826. The fourth-order valence-corrected chi connectivity index (χ4v) is 2.10. The number of rotatable bonds is 2. The van der Waals surface area contributed by atoms with E-state index in [2.05, 4.69) is 37.3 Å². The third kappa shape index (κ3) is 8.01. The number of hydrogen-bond acceptors (Lipinski definition) is 1. The van der Waals surface area contributed by atoms with E-state index in [4.69, 9.17) is 23.7 Å². The van der Waals surface area contributed by atoms with Crippen molar-refractivity contribution in [1.29, 1.82) is 0 Å². The van der Waals surface area contributed by atoms with Gasteiger partial charge in [0.05, 0.1) is 6.61 Å². The first-order chi connectivity index (χ1) is 11.2. The monoisotopic (exact) mass is 381 g/mol. The molecule has 120 valence electrons. The van der Waals surface area contributed by atoms with Crippen LogP contribution in [0.25, 0.3) is 5.57 Å². The molecular formula is C19H19Cl2OTi-. The predicted octanol–water partition coefficient (Wildman–Crippen LogP) is 5.78. The number of aliphatic hydroxyl groups excluding tert-OH is 1. The molecule has 0 fully saturated rings. The number of allylic oxidation sites excluding steroid dienone is 4. The van der Waals surface area contributed by atoms with Crippen LogP contribution in [-0.4, -0.2) is 5.11 Å². The van der Waals surface area contributed by atoms with Gasteiger partial charge in [-0.1, -0.05) is 48.1 Å². The van der Waals surface area contributed by atoms with Crippen LogP contribution in [0.5, 0.6) is 0 Å². The first kappa shape index (κ1) is 20.2. The summed E-state index contributed by atoms with van der Waals surface area (Å²) in [7, 11) is 9.78. The fourth-order valence-electron chi connectivity index (χ4n) is 2.10. The summed E-state index contributed by atoms with van der Waals surface area (Å²) < 4.78 is 0. The van der Waals surface area contributed by atoms with Crippen molar-refractivity contribution in [3.05, 3.63) is 89.5 Å². The summed E-state index contributed by atoms with van der Waals surface area (Å²) in [4.78, 5) is 0. The van der Waals surface area contributed by atoms with Crippen molar-refractivity contribution < 1.29 is 22.1 Å². The predicted molar refractivity (Wildman–Crippen MR) is 95.7 cm³/mol. The molecule has 4 heteroatoms. The molecule has 2 aromatic rings. The molecule has 0 saturated carbocycles. The topological polar surface area (TPSA) is 20.2 Å². The number of aliphatic hydroxyl groups is 1. The van der Waals surface area contributed by atoms with E-state index in [0.717, 1.165) is 12.0 Å². The second-order valence-corrected chi connectivity index (χ2v) is 7.34. The number of hydrogen-bond donors (Lipinski definition) is 1. The molecule has 0 amide bonds. The van der Waals surface area contributed by atoms with Gasteiger partial charge in [0.15, 0.2) is 0 Å². The van der Waals surface area contributed by atoms with Crippen LogP contribution in [-0.2, 0) is 23.6 Å². The third-order valence-electron chi connectivity index (χ3n) is 3.23. The summed E-state index contributed by atoms with van der Waals surface area (Å²) in [6, 6.07) is 20.9. The Balaban J connectivity index is 0.000000209. The SMILES string of the molecule is CC1=C(c2[c-]cccc2)CC=C1.OCc1ccccc1.[Cl][Ti][Cl]. The van der Waals surface area contributed by atoms with Crippen molar-refractivity contribution in [3.8, 4) is 0 Å². The molecule has 1 aliphatic carbocycles. The van der Waals surface area contributed by atoms with Gasteiger partial charge in [0.1, 0.15) is 0 Å². The molecule has 2 aromatic carbocycles. The average molecular weight is 382 g/mol. The van der Waals surface area contributed by atoms with Crippen molar-refractivity contribution in [2.45, 2.75) is 20.0 Å². The first-order valence-electron chi connectivity index (χ1n) is 7.17. The van der Waals surface area contributed by atoms with Gasteiger partial charge in [-0.3, -0.25) is 0 Å². The Kier molecular flexibility index (Phi) is 11.1. The Bertz CT molecular complexity index is 610. The molecule has 0 unspecified atom stereocenters. The Morgan fingerprint density at radius 1 is 1.09 bits per heavy atom. The van der Waals surface area contributed by atoms with E-state index < -0.39 is 17.0 Å².